The van der Waals surface area contributed by atoms with Gasteiger partial charge < -0.3 is 4.90 Å². The molecular weight excluding hydrogens is 386 g/mol. The number of nitrogens with zero attached hydrogens (tertiary/aromatic N) is 1. The van der Waals surface area contributed by atoms with Gasteiger partial charge in [0, 0.05) is 23.7 Å². The van der Waals surface area contributed by atoms with Crippen LogP contribution in [0.5, 0.6) is 0 Å². The molecule has 0 saturated heterocycles. The van der Waals surface area contributed by atoms with Gasteiger partial charge >= 0.3 is 0 Å². The Morgan fingerprint density at radius 1 is 0.719 bits per heavy atom. The Balaban J connectivity index is 2.07. The van der Waals surface area contributed by atoms with Gasteiger partial charge in [-0.2, -0.15) is 0 Å². The molecule has 0 spiro atoms. The van der Waals surface area contributed by atoms with Crippen molar-refractivity contribution in [3.8, 4) is 11.1 Å². The molecule has 0 aliphatic heterocycles. The van der Waals surface area contributed by atoms with Crippen LogP contribution in [0, 0.1) is 0 Å². The molecule has 1 aliphatic carbocycles. The van der Waals surface area contributed by atoms with Gasteiger partial charge in [-0.05, 0) is 67.5 Å². The van der Waals surface area contributed by atoms with Gasteiger partial charge in [0.1, 0.15) is 0 Å². The van der Waals surface area contributed by atoms with Gasteiger partial charge in [0.05, 0.1) is 0 Å². The Bertz CT molecular complexity index is 851. The molecule has 0 N–H and O–H groups in total. The molecular formula is C31H47N. The summed E-state index contributed by atoms with van der Waals surface area (Å²) in [5, 5.41) is 0. The second kappa shape index (κ2) is 10.9. The number of fused-ring (bicyclic) bond motifs is 3. The minimum Gasteiger partial charge on any atom is -0.369 e. The van der Waals surface area contributed by atoms with E-state index in [0.29, 0.717) is 0 Å². The van der Waals surface area contributed by atoms with Crippen LogP contribution in [-0.4, -0.2) is 12.6 Å². The van der Waals surface area contributed by atoms with E-state index >= 15 is 0 Å². The van der Waals surface area contributed by atoms with Crippen LogP contribution < -0.4 is 4.90 Å². The smallest absolute Gasteiger partial charge is 0.0371 e. The lowest BCUT2D eigenvalue weighted by molar-refractivity contribution is 0.400. The highest BCUT2D eigenvalue weighted by atomic mass is 15.2. The molecule has 0 amide bonds. The molecule has 0 heterocycles. The van der Waals surface area contributed by atoms with Crippen LogP contribution in [0.4, 0.5) is 5.69 Å². The highest BCUT2D eigenvalue weighted by Crippen LogP contribution is 2.55. The van der Waals surface area contributed by atoms with Crippen LogP contribution in [0.15, 0.2) is 42.5 Å². The predicted octanol–water partition coefficient (Wildman–Crippen LogP) is 9.52. The molecule has 0 unspecified atom stereocenters. The van der Waals surface area contributed by atoms with Crippen LogP contribution in [0.25, 0.3) is 11.1 Å². The maximum atomic E-state index is 2.56. The lowest BCUT2D eigenvalue weighted by atomic mass is 9.70. The average molecular weight is 434 g/mol. The molecule has 1 nitrogen and oxygen atoms in total. The van der Waals surface area contributed by atoms with Crippen molar-refractivity contribution in [1.82, 2.24) is 0 Å². The maximum absolute atomic E-state index is 2.56. The molecule has 0 radical (unpaired) electrons. The van der Waals surface area contributed by atoms with Crippen molar-refractivity contribution in [3.05, 3.63) is 53.6 Å². The zero-order valence-corrected chi connectivity index (χ0v) is 21.8. The van der Waals surface area contributed by atoms with Crippen molar-refractivity contribution in [1.29, 1.82) is 0 Å². The Morgan fingerprint density at radius 2 is 1.31 bits per heavy atom. The first kappa shape index (κ1) is 24.9. The van der Waals surface area contributed by atoms with E-state index in [9.17, 15) is 0 Å². The molecule has 0 saturated carbocycles. The summed E-state index contributed by atoms with van der Waals surface area (Å²) in [6.45, 7) is 11.7. The standard InChI is InChI=1S/C31H47N/c1-7-10-12-16-22-31(23-17-13-11-8-2)28-19-15-14-18-26(28)27-21-20-25(24-29(27)31)32(6)30(4,5)9-3/h14-15,18-21,24H,7-13,16-17,22-23H2,1-6H3. The number of rotatable bonds is 13. The van der Waals surface area contributed by atoms with E-state index in [4.69, 9.17) is 0 Å². The molecule has 1 heteroatoms. The molecule has 1 aliphatic rings. The van der Waals surface area contributed by atoms with E-state index in [0.717, 1.165) is 6.42 Å². The van der Waals surface area contributed by atoms with Crippen LogP contribution in [0.1, 0.15) is 116 Å². The zero-order chi connectivity index (χ0) is 23.2. The average Bonchev–Trinajstić information content (AvgIpc) is 3.08. The Labute approximate surface area is 198 Å². The molecule has 2 aromatic carbocycles. The van der Waals surface area contributed by atoms with Gasteiger partial charge in [-0.15, -0.1) is 0 Å². The van der Waals surface area contributed by atoms with Gasteiger partial charge in [0.25, 0.3) is 0 Å². The van der Waals surface area contributed by atoms with E-state index in [1.807, 2.05) is 0 Å². The van der Waals surface area contributed by atoms with Crippen LogP contribution >= 0.6 is 0 Å². The third kappa shape index (κ3) is 4.92. The van der Waals surface area contributed by atoms with Crippen LogP contribution in [0.2, 0.25) is 0 Å². The van der Waals surface area contributed by atoms with Crippen LogP contribution in [-0.2, 0) is 5.41 Å². The number of hydrogen-bond donors (Lipinski definition) is 0. The van der Waals surface area contributed by atoms with Crippen molar-refractivity contribution in [2.24, 2.45) is 0 Å². The van der Waals surface area contributed by atoms with Crippen molar-refractivity contribution in [2.45, 2.75) is 116 Å². The highest BCUT2D eigenvalue weighted by molar-refractivity contribution is 5.83. The quantitative estimate of drug-likeness (QED) is 0.284. The maximum Gasteiger partial charge on any atom is 0.0371 e. The molecule has 0 atom stereocenters. The minimum absolute atomic E-state index is 0.157. The fourth-order valence-corrected chi connectivity index (χ4v) is 5.61. The van der Waals surface area contributed by atoms with Gasteiger partial charge in [-0.25, -0.2) is 0 Å². The summed E-state index contributed by atoms with van der Waals surface area (Å²) in [5.41, 5.74) is 7.87. The topological polar surface area (TPSA) is 3.24 Å². The highest BCUT2D eigenvalue weighted by Gasteiger charge is 2.42. The summed E-state index contributed by atoms with van der Waals surface area (Å²) in [4.78, 5) is 2.50. The summed E-state index contributed by atoms with van der Waals surface area (Å²) in [6.07, 6.45) is 14.4. The first-order valence-electron chi connectivity index (χ1n) is 13.4. The van der Waals surface area contributed by atoms with E-state index < -0.39 is 0 Å². The summed E-state index contributed by atoms with van der Waals surface area (Å²) in [5.74, 6) is 0. The van der Waals surface area contributed by atoms with E-state index in [-0.39, 0.29) is 11.0 Å². The molecule has 2 aromatic rings. The Kier molecular flexibility index (Phi) is 8.48. The normalized spacial score (nSPS) is 14.3. The minimum atomic E-state index is 0.157. The second-order valence-corrected chi connectivity index (χ2v) is 10.7. The Morgan fingerprint density at radius 3 is 1.91 bits per heavy atom. The number of anilines is 1. The molecule has 32 heavy (non-hydrogen) atoms. The monoisotopic (exact) mass is 433 g/mol. The fraction of sp³-hybridized carbons (Fsp3) is 0.613. The van der Waals surface area contributed by atoms with E-state index in [1.54, 1.807) is 11.1 Å². The van der Waals surface area contributed by atoms with Crippen molar-refractivity contribution in [2.75, 3.05) is 11.9 Å². The first-order valence-corrected chi connectivity index (χ1v) is 13.4. The van der Waals surface area contributed by atoms with Gasteiger partial charge in [-0.1, -0.05) is 102 Å². The largest absolute Gasteiger partial charge is 0.369 e. The fourth-order valence-electron chi connectivity index (χ4n) is 5.61. The predicted molar refractivity (Wildman–Crippen MR) is 143 cm³/mol. The van der Waals surface area contributed by atoms with E-state index in [2.05, 4.69) is 89.0 Å². The lowest BCUT2D eigenvalue weighted by Gasteiger charge is -2.38. The lowest BCUT2D eigenvalue weighted by Crippen LogP contribution is -2.40. The molecule has 3 rings (SSSR count). The molecule has 0 bridgehead atoms. The molecule has 0 aromatic heterocycles. The van der Waals surface area contributed by atoms with Crippen LogP contribution in [0.3, 0.4) is 0 Å². The number of benzene rings is 2. The third-order valence-electron chi connectivity index (χ3n) is 8.33. The van der Waals surface area contributed by atoms with Crippen molar-refractivity contribution >= 4 is 5.69 Å². The van der Waals surface area contributed by atoms with Gasteiger partial charge in [-0.3, -0.25) is 0 Å². The second-order valence-electron chi connectivity index (χ2n) is 10.7. The number of hydrogen-bond acceptors (Lipinski definition) is 1. The summed E-state index contributed by atoms with van der Waals surface area (Å²) in [7, 11) is 2.28. The summed E-state index contributed by atoms with van der Waals surface area (Å²) >= 11 is 0. The number of unbranched alkanes of at least 4 members (excludes halogenated alkanes) is 6. The Hall–Kier alpha value is -1.76. The van der Waals surface area contributed by atoms with E-state index in [1.165, 1.54) is 81.0 Å². The van der Waals surface area contributed by atoms with Gasteiger partial charge in [0.15, 0.2) is 0 Å². The summed E-state index contributed by atoms with van der Waals surface area (Å²) < 4.78 is 0. The SMILES string of the molecule is CCCCCCC1(CCCCCC)c2ccccc2-c2ccc(N(C)C(C)(C)CC)cc21. The third-order valence-corrected chi connectivity index (χ3v) is 8.33. The summed E-state index contributed by atoms with van der Waals surface area (Å²) in [6, 6.07) is 16.6. The molecule has 0 fully saturated rings. The zero-order valence-electron chi connectivity index (χ0n) is 21.8. The molecule has 176 valence electrons. The first-order chi connectivity index (χ1) is 15.4. The van der Waals surface area contributed by atoms with Crippen molar-refractivity contribution in [3.63, 3.8) is 0 Å². The van der Waals surface area contributed by atoms with Crippen molar-refractivity contribution < 1.29 is 0 Å². The van der Waals surface area contributed by atoms with Gasteiger partial charge in [0.2, 0.25) is 0 Å².